The van der Waals surface area contributed by atoms with Crippen LogP contribution in [0.1, 0.15) is 35.2 Å². The number of rotatable bonds is 8. The Kier molecular flexibility index (Phi) is 7.20. The Morgan fingerprint density at radius 2 is 1.98 bits per heavy atom. The van der Waals surface area contributed by atoms with Crippen molar-refractivity contribution in [1.82, 2.24) is 38.8 Å². The Balaban J connectivity index is 1.28. The maximum absolute atomic E-state index is 14.4. The summed E-state index contributed by atoms with van der Waals surface area (Å²) in [7, 11) is 1.55. The van der Waals surface area contributed by atoms with E-state index in [1.807, 2.05) is 18.3 Å². The highest BCUT2D eigenvalue weighted by Crippen LogP contribution is 2.38. The molecule has 0 bridgehead atoms. The number of methoxy groups -OCH3 is 1. The SMILES string of the molecule is COc1cc(C(=O)N2C[C@H](N)C[C@@H](F)C2)cc2nc(-c3cc4cccnc4n3CC3CC3)n(Cc3cnn(-c4cncc(F)c4)c3)c12. The highest BCUT2D eigenvalue weighted by Gasteiger charge is 2.31. The Hall–Kier alpha value is -5.17. The van der Waals surface area contributed by atoms with Crippen molar-refractivity contribution in [2.75, 3.05) is 20.2 Å². The van der Waals surface area contributed by atoms with E-state index in [0.29, 0.717) is 46.3 Å². The molecule has 1 aliphatic heterocycles. The van der Waals surface area contributed by atoms with Gasteiger partial charge < -0.3 is 24.5 Å². The second-order valence-corrected chi connectivity index (χ2v) is 12.5. The number of piperidine rings is 1. The second kappa shape index (κ2) is 11.6. The Morgan fingerprint density at radius 1 is 1.11 bits per heavy atom. The fraction of sp³-hybridized carbons (Fsp3) is 0.324. The molecular weight excluding hydrogens is 604 g/mol. The van der Waals surface area contributed by atoms with Crippen molar-refractivity contribution in [3.63, 3.8) is 0 Å². The quantitative estimate of drug-likeness (QED) is 0.256. The van der Waals surface area contributed by atoms with Gasteiger partial charge in [0.25, 0.3) is 5.91 Å². The van der Waals surface area contributed by atoms with E-state index in [2.05, 4.69) is 25.3 Å². The van der Waals surface area contributed by atoms with E-state index in [1.54, 1.807) is 42.5 Å². The average molecular weight is 638 g/mol. The summed E-state index contributed by atoms with van der Waals surface area (Å²) in [4.78, 5) is 29.0. The number of pyridine rings is 2. The van der Waals surface area contributed by atoms with Crippen molar-refractivity contribution in [3.05, 3.63) is 84.3 Å². The van der Waals surface area contributed by atoms with Gasteiger partial charge in [0.2, 0.25) is 0 Å². The van der Waals surface area contributed by atoms with Crippen LogP contribution in [0, 0.1) is 11.7 Å². The normalized spacial score (nSPS) is 18.3. The number of ether oxygens (including phenoxy) is 1. The average Bonchev–Trinajstić information content (AvgIpc) is 3.46. The number of hydrogen-bond acceptors (Lipinski definition) is 7. The first-order chi connectivity index (χ1) is 22.8. The lowest BCUT2D eigenvalue weighted by atomic mass is 10.0. The molecule has 47 heavy (non-hydrogen) atoms. The summed E-state index contributed by atoms with van der Waals surface area (Å²) in [6.07, 6.45) is 9.41. The highest BCUT2D eigenvalue weighted by molar-refractivity contribution is 6.00. The van der Waals surface area contributed by atoms with Crippen molar-refractivity contribution in [1.29, 1.82) is 0 Å². The molecule has 0 radical (unpaired) electrons. The van der Waals surface area contributed by atoms with Crippen molar-refractivity contribution >= 4 is 28.0 Å². The largest absolute Gasteiger partial charge is 0.494 e. The predicted octanol–water partition coefficient (Wildman–Crippen LogP) is 4.75. The maximum atomic E-state index is 14.4. The smallest absolute Gasteiger partial charge is 0.254 e. The summed E-state index contributed by atoms with van der Waals surface area (Å²) in [6.45, 7) is 1.43. The van der Waals surface area contributed by atoms with Crippen molar-refractivity contribution < 1.29 is 18.3 Å². The van der Waals surface area contributed by atoms with Gasteiger partial charge >= 0.3 is 0 Å². The first-order valence-electron chi connectivity index (χ1n) is 15.7. The number of halogens is 2. The number of amides is 1. The number of nitrogens with two attached hydrogens (primary N) is 1. The van der Waals surface area contributed by atoms with Crippen LogP contribution >= 0.6 is 0 Å². The fourth-order valence-electron chi connectivity index (χ4n) is 6.59. The molecule has 2 fully saturated rings. The van der Waals surface area contributed by atoms with Crippen molar-refractivity contribution in [2.45, 2.75) is 44.6 Å². The first-order valence-corrected chi connectivity index (χ1v) is 15.7. The van der Waals surface area contributed by atoms with Gasteiger partial charge in [0.1, 0.15) is 28.9 Å². The van der Waals surface area contributed by atoms with Gasteiger partial charge in [0.05, 0.1) is 55.7 Å². The van der Waals surface area contributed by atoms with Crippen LogP contribution in [-0.2, 0) is 13.1 Å². The van der Waals surface area contributed by atoms with Crippen LogP contribution in [0.3, 0.4) is 0 Å². The fourth-order valence-corrected chi connectivity index (χ4v) is 6.59. The van der Waals surface area contributed by atoms with E-state index < -0.39 is 18.0 Å². The first kappa shape index (κ1) is 29.2. The summed E-state index contributed by atoms with van der Waals surface area (Å²) in [6, 6.07) is 10.4. The molecule has 0 unspecified atom stereocenters. The highest BCUT2D eigenvalue weighted by atomic mass is 19.1. The van der Waals surface area contributed by atoms with Gasteiger partial charge in [-0.05, 0) is 55.5 Å². The van der Waals surface area contributed by atoms with E-state index in [4.69, 9.17) is 20.4 Å². The summed E-state index contributed by atoms with van der Waals surface area (Å²) in [5.74, 6) is 0.911. The number of hydrogen-bond donors (Lipinski definition) is 1. The number of carbonyl (C=O) groups excluding carboxylic acids is 1. The van der Waals surface area contributed by atoms with Crippen molar-refractivity contribution in [3.8, 4) is 23.0 Å². The minimum absolute atomic E-state index is 0.00826. The molecule has 2 N–H and O–H groups in total. The molecule has 6 heterocycles. The summed E-state index contributed by atoms with van der Waals surface area (Å²) >= 11 is 0. The van der Waals surface area contributed by atoms with Gasteiger partial charge in [-0.3, -0.25) is 9.78 Å². The molecule has 1 saturated heterocycles. The zero-order chi connectivity index (χ0) is 32.2. The molecule has 5 aromatic heterocycles. The molecule has 13 heteroatoms. The number of aromatic nitrogens is 7. The molecule has 0 spiro atoms. The minimum atomic E-state index is -1.18. The van der Waals surface area contributed by atoms with E-state index >= 15 is 0 Å². The van der Waals surface area contributed by atoms with Crippen LogP contribution in [0.15, 0.2) is 67.4 Å². The standard InChI is InChI=1S/C34H33F2N9O2/c1-47-30-9-23(34(46)42-18-25(36)10-26(37)19-42)7-28-31(30)44(16-21-12-40-45(17-21)27-11-24(35)13-38-14-27)33(41-28)29-8-22-3-2-6-39-32(22)43(29)15-20-4-5-20/h2-3,6-9,11-14,17,20,25-26H,4-5,10,15-16,18-19,37H2,1H3/t25-,26-/m1/s1. The van der Waals surface area contributed by atoms with Gasteiger partial charge in [-0.15, -0.1) is 0 Å². The number of benzene rings is 1. The van der Waals surface area contributed by atoms with E-state index in [9.17, 15) is 13.6 Å². The molecule has 6 aromatic rings. The van der Waals surface area contributed by atoms with Gasteiger partial charge in [-0.25, -0.2) is 23.4 Å². The topological polar surface area (TPSA) is 122 Å². The molecule has 2 aliphatic rings. The number of likely N-dealkylation sites (tertiary alicyclic amines) is 1. The molecule has 11 nitrogen and oxygen atoms in total. The minimum Gasteiger partial charge on any atom is -0.494 e. The summed E-state index contributed by atoms with van der Waals surface area (Å²) in [5.41, 5.74) is 10.7. The zero-order valence-corrected chi connectivity index (χ0v) is 25.8. The Labute approximate surface area is 268 Å². The third-order valence-corrected chi connectivity index (χ3v) is 8.95. The third kappa shape index (κ3) is 5.50. The summed E-state index contributed by atoms with van der Waals surface area (Å²) < 4.78 is 40.1. The van der Waals surface area contributed by atoms with Gasteiger partial charge in [-0.1, -0.05) is 0 Å². The third-order valence-electron chi connectivity index (χ3n) is 8.95. The second-order valence-electron chi connectivity index (χ2n) is 12.5. The molecular formula is C34H33F2N9O2. The van der Waals surface area contributed by atoms with Crippen LogP contribution in [0.5, 0.6) is 5.75 Å². The number of carbonyl (C=O) groups is 1. The van der Waals surface area contributed by atoms with Gasteiger partial charge in [0, 0.05) is 54.1 Å². The van der Waals surface area contributed by atoms with Crippen molar-refractivity contribution in [2.24, 2.45) is 11.7 Å². The van der Waals surface area contributed by atoms with Gasteiger partial charge in [-0.2, -0.15) is 5.10 Å². The Bertz CT molecular complexity index is 2120. The van der Waals surface area contributed by atoms with E-state index in [-0.39, 0.29) is 25.4 Å². The monoisotopic (exact) mass is 637 g/mol. The van der Waals surface area contributed by atoms with Gasteiger partial charge in [0.15, 0.2) is 5.82 Å². The molecule has 2 atom stereocenters. The molecule has 240 valence electrons. The lowest BCUT2D eigenvalue weighted by Crippen LogP contribution is -2.50. The Morgan fingerprint density at radius 3 is 2.77 bits per heavy atom. The number of nitrogens with zero attached hydrogens (tertiary/aromatic N) is 8. The predicted molar refractivity (Wildman–Crippen MR) is 172 cm³/mol. The van der Waals surface area contributed by atoms with Crippen LogP contribution in [0.25, 0.3) is 39.3 Å². The van der Waals surface area contributed by atoms with Crippen LogP contribution in [-0.4, -0.2) is 77.1 Å². The number of fused-ring (bicyclic) bond motifs is 2. The van der Waals surface area contributed by atoms with Crippen LogP contribution in [0.4, 0.5) is 8.78 Å². The lowest BCUT2D eigenvalue weighted by Gasteiger charge is -2.33. The van der Waals surface area contributed by atoms with E-state index in [1.165, 1.54) is 11.0 Å². The van der Waals surface area contributed by atoms with Crippen LogP contribution < -0.4 is 10.5 Å². The maximum Gasteiger partial charge on any atom is 0.254 e. The van der Waals surface area contributed by atoms with Crippen LogP contribution in [0.2, 0.25) is 0 Å². The number of imidazole rings is 1. The molecule has 1 aromatic carbocycles. The lowest BCUT2D eigenvalue weighted by molar-refractivity contribution is 0.0606. The molecule has 1 amide bonds. The molecule has 1 saturated carbocycles. The molecule has 8 rings (SSSR count). The number of alkyl halides is 1. The summed E-state index contributed by atoms with van der Waals surface area (Å²) in [5, 5.41) is 5.47. The zero-order valence-electron chi connectivity index (χ0n) is 25.8. The van der Waals surface area contributed by atoms with E-state index in [0.717, 1.165) is 47.9 Å². The molecule has 1 aliphatic carbocycles.